The number of phenols is 1. The van der Waals surface area contributed by atoms with Crippen molar-refractivity contribution < 1.29 is 23.4 Å². The van der Waals surface area contributed by atoms with Gasteiger partial charge in [0.05, 0.1) is 7.11 Å². The van der Waals surface area contributed by atoms with Crippen LogP contribution in [-0.4, -0.2) is 18.8 Å². The summed E-state index contributed by atoms with van der Waals surface area (Å²) in [6.45, 7) is -2.93. The smallest absolute Gasteiger partial charge is 0.387 e. The van der Waals surface area contributed by atoms with E-state index in [2.05, 4.69) is 4.74 Å². The fourth-order valence-electron chi connectivity index (χ4n) is 0.853. The van der Waals surface area contributed by atoms with Crippen molar-refractivity contribution in [3.05, 3.63) is 18.2 Å². The molecular weight excluding hydrogens is 182 g/mol. The third kappa shape index (κ3) is 2.47. The van der Waals surface area contributed by atoms with Crippen LogP contribution in [0.1, 0.15) is 0 Å². The van der Waals surface area contributed by atoms with Crippen LogP contribution in [0.4, 0.5) is 8.78 Å². The Balaban J connectivity index is 2.94. The average Bonchev–Trinajstić information content (AvgIpc) is 2.03. The summed E-state index contributed by atoms with van der Waals surface area (Å²) < 4.78 is 32.4. The zero-order valence-corrected chi connectivity index (χ0v) is 6.83. The molecule has 5 heteroatoms. The van der Waals surface area contributed by atoms with Gasteiger partial charge in [0.15, 0.2) is 11.5 Å². The molecule has 13 heavy (non-hydrogen) atoms. The summed E-state index contributed by atoms with van der Waals surface area (Å²) in [6.07, 6.45) is 0. The van der Waals surface area contributed by atoms with E-state index < -0.39 is 6.61 Å². The maximum Gasteiger partial charge on any atom is 0.387 e. The normalized spacial score (nSPS) is 10.2. The molecule has 0 amide bonds. The molecule has 0 atom stereocenters. The summed E-state index contributed by atoms with van der Waals surface area (Å²) in [4.78, 5) is 0. The van der Waals surface area contributed by atoms with Crippen LogP contribution >= 0.6 is 0 Å². The molecule has 1 rings (SSSR count). The van der Waals surface area contributed by atoms with Crippen molar-refractivity contribution in [2.75, 3.05) is 7.11 Å². The van der Waals surface area contributed by atoms with Gasteiger partial charge in [0.25, 0.3) is 0 Å². The van der Waals surface area contributed by atoms with Crippen LogP contribution in [0.25, 0.3) is 0 Å². The lowest BCUT2D eigenvalue weighted by Crippen LogP contribution is -2.03. The molecule has 1 N–H and O–H groups in total. The fourth-order valence-corrected chi connectivity index (χ4v) is 0.853. The number of halogens is 2. The van der Waals surface area contributed by atoms with Gasteiger partial charge in [0.1, 0.15) is 5.75 Å². The summed E-state index contributed by atoms with van der Waals surface area (Å²) in [6, 6.07) is 3.72. The standard InChI is InChI=1S/C8H8F2O3/c1-12-6-3-2-5(11)4-7(6)13-8(9)10/h2-4,8,11H,1H3. The van der Waals surface area contributed by atoms with Crippen molar-refractivity contribution >= 4 is 0 Å². The van der Waals surface area contributed by atoms with E-state index in [0.29, 0.717) is 0 Å². The van der Waals surface area contributed by atoms with Gasteiger partial charge in [-0.15, -0.1) is 0 Å². The average molecular weight is 190 g/mol. The second kappa shape index (κ2) is 3.93. The number of hydrogen-bond donors (Lipinski definition) is 1. The first-order chi connectivity index (χ1) is 6.13. The van der Waals surface area contributed by atoms with Gasteiger partial charge >= 0.3 is 6.61 Å². The topological polar surface area (TPSA) is 38.7 Å². The minimum Gasteiger partial charge on any atom is -0.508 e. The van der Waals surface area contributed by atoms with E-state index in [0.717, 1.165) is 6.07 Å². The third-order valence-corrected chi connectivity index (χ3v) is 1.36. The molecule has 3 nitrogen and oxygen atoms in total. The second-order valence-corrected chi connectivity index (χ2v) is 2.21. The quantitative estimate of drug-likeness (QED) is 0.792. The Morgan fingerprint density at radius 2 is 2.00 bits per heavy atom. The maximum absolute atomic E-state index is 11.8. The first-order valence-corrected chi connectivity index (χ1v) is 3.45. The molecule has 0 radical (unpaired) electrons. The highest BCUT2D eigenvalue weighted by atomic mass is 19.3. The van der Waals surface area contributed by atoms with Crippen molar-refractivity contribution in [1.82, 2.24) is 0 Å². The molecular formula is C8H8F2O3. The first kappa shape index (κ1) is 9.57. The number of aromatic hydroxyl groups is 1. The van der Waals surface area contributed by atoms with Gasteiger partial charge in [0, 0.05) is 6.07 Å². The lowest BCUT2D eigenvalue weighted by molar-refractivity contribution is -0.0512. The van der Waals surface area contributed by atoms with Gasteiger partial charge in [0.2, 0.25) is 0 Å². The number of phenolic OH excluding ortho intramolecular Hbond substituents is 1. The summed E-state index contributed by atoms with van der Waals surface area (Å²) in [5.41, 5.74) is 0. The van der Waals surface area contributed by atoms with Gasteiger partial charge in [-0.2, -0.15) is 8.78 Å². The van der Waals surface area contributed by atoms with Crippen molar-refractivity contribution in [1.29, 1.82) is 0 Å². The highest BCUT2D eigenvalue weighted by Crippen LogP contribution is 2.31. The monoisotopic (exact) mass is 190 g/mol. The van der Waals surface area contributed by atoms with Crippen LogP contribution in [-0.2, 0) is 0 Å². The van der Waals surface area contributed by atoms with Crippen molar-refractivity contribution in [3.8, 4) is 17.2 Å². The van der Waals surface area contributed by atoms with E-state index >= 15 is 0 Å². The molecule has 0 aliphatic heterocycles. The highest BCUT2D eigenvalue weighted by molar-refractivity contribution is 5.44. The van der Waals surface area contributed by atoms with Gasteiger partial charge in [-0.1, -0.05) is 0 Å². The predicted molar refractivity (Wildman–Crippen MR) is 41.3 cm³/mol. The van der Waals surface area contributed by atoms with Crippen LogP contribution < -0.4 is 9.47 Å². The number of rotatable bonds is 3. The number of hydrogen-bond acceptors (Lipinski definition) is 3. The lowest BCUT2D eigenvalue weighted by atomic mass is 10.3. The summed E-state index contributed by atoms with van der Waals surface area (Å²) in [7, 11) is 1.32. The van der Waals surface area contributed by atoms with Gasteiger partial charge in [-0.3, -0.25) is 0 Å². The highest BCUT2D eigenvalue weighted by Gasteiger charge is 2.10. The molecule has 1 aromatic carbocycles. The molecule has 0 unspecified atom stereocenters. The van der Waals surface area contributed by atoms with E-state index in [4.69, 9.17) is 9.84 Å². The molecule has 0 fully saturated rings. The number of benzene rings is 1. The summed E-state index contributed by atoms with van der Waals surface area (Å²) in [5.74, 6) is -0.188. The van der Waals surface area contributed by atoms with Crippen molar-refractivity contribution in [2.24, 2.45) is 0 Å². The molecule has 0 aliphatic rings. The largest absolute Gasteiger partial charge is 0.508 e. The summed E-state index contributed by atoms with van der Waals surface area (Å²) >= 11 is 0. The predicted octanol–water partition coefficient (Wildman–Crippen LogP) is 2.00. The van der Waals surface area contributed by atoms with Gasteiger partial charge in [-0.05, 0) is 12.1 Å². The Labute approximate surface area is 73.5 Å². The molecule has 72 valence electrons. The Kier molecular flexibility index (Phi) is 2.89. The van der Waals surface area contributed by atoms with Gasteiger partial charge in [-0.25, -0.2) is 0 Å². The lowest BCUT2D eigenvalue weighted by Gasteiger charge is -2.09. The summed E-state index contributed by atoms with van der Waals surface area (Å²) in [5, 5.41) is 8.97. The fraction of sp³-hybridized carbons (Fsp3) is 0.250. The molecule has 0 aromatic heterocycles. The Morgan fingerprint density at radius 1 is 1.31 bits per heavy atom. The zero-order chi connectivity index (χ0) is 9.84. The second-order valence-electron chi connectivity index (χ2n) is 2.21. The SMILES string of the molecule is COc1ccc(O)cc1OC(F)F. The zero-order valence-electron chi connectivity index (χ0n) is 6.83. The molecule has 0 spiro atoms. The van der Waals surface area contributed by atoms with Crippen LogP contribution in [0.5, 0.6) is 17.2 Å². The van der Waals surface area contributed by atoms with E-state index in [-0.39, 0.29) is 17.2 Å². The van der Waals surface area contributed by atoms with Gasteiger partial charge < -0.3 is 14.6 Å². The van der Waals surface area contributed by atoms with Crippen molar-refractivity contribution in [2.45, 2.75) is 6.61 Å². The van der Waals surface area contributed by atoms with E-state index in [1.54, 1.807) is 0 Å². The van der Waals surface area contributed by atoms with Crippen LogP contribution in [0.2, 0.25) is 0 Å². The molecule has 0 bridgehead atoms. The molecule has 0 aliphatic carbocycles. The van der Waals surface area contributed by atoms with E-state index in [1.165, 1.54) is 19.2 Å². The van der Waals surface area contributed by atoms with Crippen molar-refractivity contribution in [3.63, 3.8) is 0 Å². The molecule has 0 saturated carbocycles. The number of methoxy groups -OCH3 is 1. The Morgan fingerprint density at radius 3 is 2.54 bits per heavy atom. The van der Waals surface area contributed by atoms with Crippen LogP contribution in [0, 0.1) is 0 Å². The Hall–Kier alpha value is -1.52. The minimum atomic E-state index is -2.93. The van der Waals surface area contributed by atoms with Crippen LogP contribution in [0.3, 0.4) is 0 Å². The number of ether oxygens (including phenoxy) is 2. The third-order valence-electron chi connectivity index (χ3n) is 1.36. The first-order valence-electron chi connectivity index (χ1n) is 3.45. The number of alkyl halides is 2. The Bertz CT molecular complexity index is 289. The van der Waals surface area contributed by atoms with Crippen LogP contribution in [0.15, 0.2) is 18.2 Å². The molecule has 0 heterocycles. The maximum atomic E-state index is 11.8. The van der Waals surface area contributed by atoms with E-state index in [1.807, 2.05) is 0 Å². The van der Waals surface area contributed by atoms with E-state index in [9.17, 15) is 8.78 Å². The minimum absolute atomic E-state index is 0.151. The molecule has 1 aromatic rings. The molecule has 0 saturated heterocycles.